The van der Waals surface area contributed by atoms with E-state index in [0.717, 1.165) is 12.8 Å². The first kappa shape index (κ1) is 20.3. The van der Waals surface area contributed by atoms with Gasteiger partial charge in [0.25, 0.3) is 0 Å². The molecule has 5 nitrogen and oxygen atoms in total. The monoisotopic (exact) mass is 419 g/mol. The summed E-state index contributed by atoms with van der Waals surface area (Å²) >= 11 is 0. The molecule has 3 aliphatic rings. The van der Waals surface area contributed by atoms with Gasteiger partial charge < -0.3 is 14.8 Å². The molecule has 31 heavy (non-hydrogen) atoms. The largest absolute Gasteiger partial charge is 0.455 e. The lowest BCUT2D eigenvalue weighted by Crippen LogP contribution is -2.58. The van der Waals surface area contributed by atoms with Gasteiger partial charge >= 0.3 is 11.9 Å². The Morgan fingerprint density at radius 2 is 1.39 bits per heavy atom. The van der Waals surface area contributed by atoms with Crippen molar-refractivity contribution in [1.82, 2.24) is 5.32 Å². The van der Waals surface area contributed by atoms with Gasteiger partial charge in [0.2, 0.25) is 0 Å². The quantitative estimate of drug-likeness (QED) is 0.751. The third-order valence-electron chi connectivity index (χ3n) is 7.57. The van der Waals surface area contributed by atoms with Gasteiger partial charge in [-0.05, 0) is 55.4 Å². The number of hydrogen-bond acceptors (Lipinski definition) is 5. The number of fused-ring (bicyclic) bond motifs is 5. The minimum Gasteiger partial charge on any atom is -0.455 e. The Labute approximate surface area is 183 Å². The van der Waals surface area contributed by atoms with Gasteiger partial charge in [0.1, 0.15) is 12.2 Å². The molecule has 2 saturated heterocycles. The Kier molecular flexibility index (Phi) is 5.09. The SMILES string of the molecule is CC1(C)C(OC(=O)c2ccccc2)C(OC(=O)c2ccccc2)CC2C3CCC(N3)C21. The highest BCUT2D eigenvalue weighted by molar-refractivity contribution is 5.90. The summed E-state index contributed by atoms with van der Waals surface area (Å²) in [5, 5.41) is 3.76. The van der Waals surface area contributed by atoms with E-state index in [1.54, 1.807) is 24.3 Å². The summed E-state index contributed by atoms with van der Waals surface area (Å²) < 4.78 is 12.1. The number of esters is 2. The fourth-order valence-corrected chi connectivity index (χ4v) is 6.29. The molecule has 6 unspecified atom stereocenters. The highest BCUT2D eigenvalue weighted by Gasteiger charge is 2.62. The van der Waals surface area contributed by atoms with Crippen LogP contribution in [-0.4, -0.2) is 36.2 Å². The van der Waals surface area contributed by atoms with Crippen molar-refractivity contribution in [3.8, 4) is 0 Å². The van der Waals surface area contributed by atoms with Crippen LogP contribution >= 0.6 is 0 Å². The molecule has 1 N–H and O–H groups in total. The van der Waals surface area contributed by atoms with Crippen LogP contribution < -0.4 is 5.32 Å². The molecule has 1 aliphatic carbocycles. The molecule has 0 aromatic heterocycles. The third kappa shape index (κ3) is 3.55. The summed E-state index contributed by atoms with van der Waals surface area (Å²) in [6.07, 6.45) is 2.06. The van der Waals surface area contributed by atoms with Crippen LogP contribution in [0, 0.1) is 17.3 Å². The van der Waals surface area contributed by atoms with Crippen molar-refractivity contribution in [1.29, 1.82) is 0 Å². The Hall–Kier alpha value is -2.66. The minimum atomic E-state index is -0.504. The summed E-state index contributed by atoms with van der Waals surface area (Å²) in [5.41, 5.74) is 0.711. The van der Waals surface area contributed by atoms with Crippen LogP contribution in [0.2, 0.25) is 0 Å². The van der Waals surface area contributed by atoms with Gasteiger partial charge in [-0.3, -0.25) is 0 Å². The molecular weight excluding hydrogens is 390 g/mol. The molecule has 6 atom stereocenters. The topological polar surface area (TPSA) is 64.6 Å². The highest BCUT2D eigenvalue weighted by Crippen LogP contribution is 2.56. The third-order valence-corrected chi connectivity index (χ3v) is 7.57. The predicted molar refractivity (Wildman–Crippen MR) is 117 cm³/mol. The summed E-state index contributed by atoms with van der Waals surface area (Å²) in [4.78, 5) is 25.9. The molecule has 2 aromatic rings. The van der Waals surface area contributed by atoms with Crippen molar-refractivity contribution >= 4 is 11.9 Å². The van der Waals surface area contributed by atoms with Crippen LogP contribution in [0.3, 0.4) is 0 Å². The maximum Gasteiger partial charge on any atom is 0.338 e. The fraction of sp³-hybridized carbons (Fsp3) is 0.462. The first-order chi connectivity index (χ1) is 14.9. The summed E-state index contributed by atoms with van der Waals surface area (Å²) in [5.74, 6) is 0.0891. The normalized spacial score (nSPS) is 32.8. The number of nitrogens with one attached hydrogen (secondary N) is 1. The molecule has 2 aliphatic heterocycles. The Morgan fingerprint density at radius 1 is 0.839 bits per heavy atom. The average Bonchev–Trinajstić information content (AvgIpc) is 3.39. The molecule has 2 bridgehead atoms. The number of hydrogen-bond donors (Lipinski definition) is 1. The summed E-state index contributed by atoms with van der Waals surface area (Å²) in [6, 6.07) is 19.0. The van der Waals surface area contributed by atoms with E-state index in [0.29, 0.717) is 41.5 Å². The van der Waals surface area contributed by atoms with Crippen molar-refractivity contribution in [3.05, 3.63) is 71.8 Å². The van der Waals surface area contributed by atoms with Crippen LogP contribution in [0.5, 0.6) is 0 Å². The zero-order valence-corrected chi connectivity index (χ0v) is 18.0. The lowest BCUT2D eigenvalue weighted by atomic mass is 9.56. The second-order valence-corrected chi connectivity index (χ2v) is 9.71. The smallest absolute Gasteiger partial charge is 0.338 e. The van der Waals surface area contributed by atoms with Gasteiger partial charge in [-0.1, -0.05) is 50.2 Å². The van der Waals surface area contributed by atoms with E-state index in [-0.39, 0.29) is 17.4 Å². The van der Waals surface area contributed by atoms with Gasteiger partial charge in [-0.2, -0.15) is 0 Å². The molecule has 3 fully saturated rings. The molecule has 2 heterocycles. The maximum absolute atomic E-state index is 13.0. The standard InChI is InChI=1S/C26H29NO4/c1-26(2)22-18(19-13-14-20(22)27-19)15-21(30-24(28)16-9-5-3-6-10-16)23(26)31-25(29)17-11-7-4-8-12-17/h3-12,18-23,27H,13-15H2,1-2H3. The van der Waals surface area contributed by atoms with Gasteiger partial charge in [-0.25, -0.2) is 9.59 Å². The highest BCUT2D eigenvalue weighted by atomic mass is 16.6. The molecular formula is C26H29NO4. The second kappa shape index (κ2) is 7.79. The van der Waals surface area contributed by atoms with Crippen LogP contribution in [-0.2, 0) is 9.47 Å². The first-order valence-electron chi connectivity index (χ1n) is 11.2. The molecule has 5 heteroatoms. The number of rotatable bonds is 4. The van der Waals surface area contributed by atoms with Gasteiger partial charge in [0.15, 0.2) is 0 Å². The van der Waals surface area contributed by atoms with Crippen molar-refractivity contribution < 1.29 is 19.1 Å². The minimum absolute atomic E-state index is 0.318. The number of ether oxygens (including phenoxy) is 2. The zero-order chi connectivity index (χ0) is 21.6. The first-order valence-corrected chi connectivity index (χ1v) is 11.2. The van der Waals surface area contributed by atoms with E-state index < -0.39 is 12.2 Å². The average molecular weight is 420 g/mol. The molecule has 1 saturated carbocycles. The van der Waals surface area contributed by atoms with Crippen molar-refractivity contribution in [3.63, 3.8) is 0 Å². The number of carbonyl (C=O) groups excluding carboxylic acids is 2. The molecule has 0 radical (unpaired) electrons. The Bertz CT molecular complexity index is 958. The van der Waals surface area contributed by atoms with E-state index in [1.165, 1.54) is 0 Å². The molecule has 0 spiro atoms. The van der Waals surface area contributed by atoms with Crippen LogP contribution in [0.15, 0.2) is 60.7 Å². The lowest BCUT2D eigenvalue weighted by Gasteiger charge is -2.52. The second-order valence-electron chi connectivity index (χ2n) is 9.71. The van der Waals surface area contributed by atoms with Crippen LogP contribution in [0.1, 0.15) is 53.8 Å². The summed E-state index contributed by atoms with van der Waals surface area (Å²) in [6.45, 7) is 4.33. The van der Waals surface area contributed by atoms with Gasteiger partial charge in [0, 0.05) is 17.5 Å². The fourth-order valence-electron chi connectivity index (χ4n) is 6.29. The lowest BCUT2D eigenvalue weighted by molar-refractivity contribution is -0.141. The van der Waals surface area contributed by atoms with Gasteiger partial charge in [-0.15, -0.1) is 0 Å². The molecule has 162 valence electrons. The molecule has 0 amide bonds. The van der Waals surface area contributed by atoms with Crippen molar-refractivity contribution in [2.24, 2.45) is 17.3 Å². The Morgan fingerprint density at radius 3 is 2.00 bits per heavy atom. The maximum atomic E-state index is 13.0. The number of carbonyl (C=O) groups is 2. The Balaban J connectivity index is 1.44. The van der Waals surface area contributed by atoms with E-state index >= 15 is 0 Å². The van der Waals surface area contributed by atoms with E-state index in [1.807, 2.05) is 36.4 Å². The van der Waals surface area contributed by atoms with Crippen LogP contribution in [0.4, 0.5) is 0 Å². The predicted octanol–water partition coefficient (Wildman–Crippen LogP) is 4.23. The zero-order valence-electron chi connectivity index (χ0n) is 18.0. The number of benzene rings is 2. The van der Waals surface area contributed by atoms with Crippen LogP contribution in [0.25, 0.3) is 0 Å². The van der Waals surface area contributed by atoms with Gasteiger partial charge in [0.05, 0.1) is 11.1 Å². The van der Waals surface area contributed by atoms with Crippen molar-refractivity contribution in [2.75, 3.05) is 0 Å². The molecule has 2 aromatic carbocycles. The molecule has 5 rings (SSSR count). The van der Waals surface area contributed by atoms with Crippen molar-refractivity contribution in [2.45, 2.75) is 57.4 Å². The van der Waals surface area contributed by atoms with E-state index in [2.05, 4.69) is 19.2 Å². The van der Waals surface area contributed by atoms with E-state index in [4.69, 9.17) is 9.47 Å². The van der Waals surface area contributed by atoms with E-state index in [9.17, 15) is 9.59 Å². The summed E-state index contributed by atoms with van der Waals surface area (Å²) in [7, 11) is 0.